The third-order valence-electron chi connectivity index (χ3n) is 2.53. The molecule has 0 aromatic heterocycles. The van der Waals surface area contributed by atoms with Crippen molar-refractivity contribution in [1.29, 1.82) is 0 Å². The van der Waals surface area contributed by atoms with Crippen molar-refractivity contribution in [2.75, 3.05) is 24.2 Å². The molecule has 1 aromatic rings. The average molecular weight is 287 g/mol. The highest BCUT2D eigenvalue weighted by molar-refractivity contribution is 7.92. The maximum Gasteiger partial charge on any atom is 0.336 e. The topological polar surface area (TPSA) is 83.9 Å². The summed E-state index contributed by atoms with van der Waals surface area (Å²) in [7, 11) is -2.47. The van der Waals surface area contributed by atoms with E-state index in [1.54, 1.807) is 24.3 Å². The lowest BCUT2D eigenvalue weighted by molar-refractivity contribution is -0.149. The van der Waals surface area contributed by atoms with Gasteiger partial charge in [-0.3, -0.25) is 4.31 Å². The van der Waals surface area contributed by atoms with E-state index in [1.807, 2.05) is 6.92 Å². The van der Waals surface area contributed by atoms with Gasteiger partial charge >= 0.3 is 5.97 Å². The summed E-state index contributed by atoms with van der Waals surface area (Å²) in [6.45, 7) is 1.49. The standard InChI is InChI=1S/C12H17NO5S/c1-9-4-6-10(7-5-9)13(19(3,16)17)8-11(14)12(15)18-2/h4-7,11,14H,8H2,1-3H3/t11-/m0/s1. The summed E-state index contributed by atoms with van der Waals surface area (Å²) >= 11 is 0. The molecule has 0 bridgehead atoms. The second-order valence-electron chi connectivity index (χ2n) is 4.17. The normalized spacial score (nSPS) is 12.8. The van der Waals surface area contributed by atoms with Crippen molar-refractivity contribution in [3.63, 3.8) is 0 Å². The van der Waals surface area contributed by atoms with Crippen LogP contribution < -0.4 is 4.31 Å². The van der Waals surface area contributed by atoms with Gasteiger partial charge in [-0.15, -0.1) is 0 Å². The fourth-order valence-corrected chi connectivity index (χ4v) is 2.43. The first-order valence-electron chi connectivity index (χ1n) is 5.56. The van der Waals surface area contributed by atoms with Crippen LogP contribution in [0.1, 0.15) is 5.56 Å². The van der Waals surface area contributed by atoms with Crippen LogP contribution in [0.3, 0.4) is 0 Å². The van der Waals surface area contributed by atoms with Crippen molar-refractivity contribution in [3.8, 4) is 0 Å². The predicted octanol–water partition coefficient (Wildman–Crippen LogP) is 0.295. The second kappa shape index (κ2) is 6.03. The molecule has 0 amide bonds. The van der Waals surface area contributed by atoms with Crippen molar-refractivity contribution < 1.29 is 23.1 Å². The number of rotatable bonds is 5. The fourth-order valence-electron chi connectivity index (χ4n) is 1.51. The molecule has 1 aromatic carbocycles. The zero-order valence-corrected chi connectivity index (χ0v) is 11.8. The van der Waals surface area contributed by atoms with Gasteiger partial charge in [0, 0.05) is 0 Å². The number of anilines is 1. The summed E-state index contributed by atoms with van der Waals surface area (Å²) in [6.07, 6.45) is -0.516. The van der Waals surface area contributed by atoms with Crippen molar-refractivity contribution in [3.05, 3.63) is 29.8 Å². The molecule has 0 saturated carbocycles. The molecule has 1 N–H and O–H groups in total. The summed E-state index contributed by atoms with van der Waals surface area (Å²) < 4.78 is 28.8. The molecule has 0 unspecified atom stereocenters. The molecule has 6 nitrogen and oxygen atoms in total. The lowest BCUT2D eigenvalue weighted by Crippen LogP contribution is -2.40. The fraction of sp³-hybridized carbons (Fsp3) is 0.417. The Morgan fingerprint density at radius 1 is 1.37 bits per heavy atom. The van der Waals surface area contributed by atoms with E-state index < -0.39 is 22.1 Å². The highest BCUT2D eigenvalue weighted by atomic mass is 32.2. The van der Waals surface area contributed by atoms with Gasteiger partial charge < -0.3 is 9.84 Å². The molecule has 106 valence electrons. The molecule has 7 heteroatoms. The summed E-state index contributed by atoms with van der Waals surface area (Å²) in [6, 6.07) is 6.72. The molecule has 19 heavy (non-hydrogen) atoms. The number of esters is 1. The minimum atomic E-state index is -3.60. The number of hydrogen-bond donors (Lipinski definition) is 1. The van der Waals surface area contributed by atoms with Crippen LogP contribution in [-0.4, -0.2) is 45.5 Å². The first-order chi connectivity index (χ1) is 8.75. The smallest absolute Gasteiger partial charge is 0.336 e. The van der Waals surface area contributed by atoms with Gasteiger partial charge in [-0.1, -0.05) is 17.7 Å². The number of ether oxygens (including phenoxy) is 1. The molecule has 0 radical (unpaired) electrons. The molecule has 0 heterocycles. The number of aryl methyl sites for hydroxylation is 1. The quantitative estimate of drug-likeness (QED) is 0.787. The molecule has 0 saturated heterocycles. The lowest BCUT2D eigenvalue weighted by atomic mass is 10.2. The van der Waals surface area contributed by atoms with E-state index in [9.17, 15) is 18.3 Å². The number of benzene rings is 1. The predicted molar refractivity (Wildman–Crippen MR) is 71.4 cm³/mol. The molecule has 0 spiro atoms. The third-order valence-corrected chi connectivity index (χ3v) is 3.69. The van der Waals surface area contributed by atoms with E-state index in [4.69, 9.17) is 0 Å². The second-order valence-corrected chi connectivity index (χ2v) is 6.08. The number of hydrogen-bond acceptors (Lipinski definition) is 5. The highest BCUT2D eigenvalue weighted by Crippen LogP contribution is 2.18. The Morgan fingerprint density at radius 3 is 2.32 bits per heavy atom. The zero-order chi connectivity index (χ0) is 14.6. The highest BCUT2D eigenvalue weighted by Gasteiger charge is 2.25. The number of sulfonamides is 1. The van der Waals surface area contributed by atoms with E-state index in [2.05, 4.69) is 4.74 Å². The van der Waals surface area contributed by atoms with Gasteiger partial charge in [0.25, 0.3) is 0 Å². The Kier molecular flexibility index (Phi) is 4.90. The van der Waals surface area contributed by atoms with Gasteiger partial charge in [0.2, 0.25) is 10.0 Å². The number of carbonyl (C=O) groups excluding carboxylic acids is 1. The molecule has 0 aliphatic rings. The molecule has 0 aliphatic heterocycles. The van der Waals surface area contributed by atoms with Crippen LogP contribution in [-0.2, 0) is 19.6 Å². The SMILES string of the molecule is COC(=O)[C@@H](O)CN(c1ccc(C)cc1)S(C)(=O)=O. The summed E-state index contributed by atoms with van der Waals surface area (Å²) in [5, 5.41) is 9.59. The molecular formula is C12H17NO5S. The first-order valence-corrected chi connectivity index (χ1v) is 7.41. The number of methoxy groups -OCH3 is 1. The van der Waals surface area contributed by atoms with Crippen LogP contribution in [0.2, 0.25) is 0 Å². The maximum atomic E-state index is 11.7. The molecule has 1 rings (SSSR count). The van der Waals surface area contributed by atoms with E-state index in [0.717, 1.165) is 23.2 Å². The number of carbonyl (C=O) groups is 1. The molecule has 1 atom stereocenters. The molecular weight excluding hydrogens is 270 g/mol. The van der Waals surface area contributed by atoms with E-state index >= 15 is 0 Å². The van der Waals surface area contributed by atoms with E-state index in [0.29, 0.717) is 5.69 Å². The zero-order valence-electron chi connectivity index (χ0n) is 11.0. The van der Waals surface area contributed by atoms with Crippen molar-refractivity contribution >= 4 is 21.7 Å². The molecule has 0 fully saturated rings. The van der Waals surface area contributed by atoms with Gasteiger partial charge in [-0.25, -0.2) is 13.2 Å². The minimum absolute atomic E-state index is 0.380. The van der Waals surface area contributed by atoms with Gasteiger partial charge in [-0.2, -0.15) is 0 Å². The summed E-state index contributed by atoms with van der Waals surface area (Å²) in [5.41, 5.74) is 1.36. The first kappa shape index (κ1) is 15.5. The largest absolute Gasteiger partial charge is 0.467 e. The maximum absolute atomic E-state index is 11.7. The number of aliphatic hydroxyl groups excluding tert-OH is 1. The van der Waals surface area contributed by atoms with Gasteiger partial charge in [-0.05, 0) is 19.1 Å². The number of nitrogens with zero attached hydrogens (tertiary/aromatic N) is 1. The summed E-state index contributed by atoms with van der Waals surface area (Å²) in [4.78, 5) is 11.2. The van der Waals surface area contributed by atoms with Crippen LogP contribution in [0.25, 0.3) is 0 Å². The van der Waals surface area contributed by atoms with Crippen LogP contribution in [0.15, 0.2) is 24.3 Å². The Morgan fingerprint density at radius 2 is 1.89 bits per heavy atom. The van der Waals surface area contributed by atoms with E-state index in [1.165, 1.54) is 0 Å². The average Bonchev–Trinajstić information content (AvgIpc) is 2.34. The van der Waals surface area contributed by atoms with Crippen LogP contribution in [0.5, 0.6) is 0 Å². The van der Waals surface area contributed by atoms with Crippen LogP contribution >= 0.6 is 0 Å². The van der Waals surface area contributed by atoms with Crippen molar-refractivity contribution in [1.82, 2.24) is 0 Å². The van der Waals surface area contributed by atoms with Crippen molar-refractivity contribution in [2.24, 2.45) is 0 Å². The van der Waals surface area contributed by atoms with Crippen LogP contribution in [0, 0.1) is 6.92 Å². The Labute approximate surface area is 112 Å². The summed E-state index contributed by atoms with van der Waals surface area (Å²) in [5.74, 6) is -0.874. The minimum Gasteiger partial charge on any atom is -0.467 e. The van der Waals surface area contributed by atoms with Gasteiger partial charge in [0.1, 0.15) is 0 Å². The Hall–Kier alpha value is -1.60. The van der Waals surface area contributed by atoms with Gasteiger partial charge in [0.05, 0.1) is 25.6 Å². The Balaban J connectivity index is 3.03. The Bertz CT molecular complexity index is 538. The molecule has 0 aliphatic carbocycles. The monoisotopic (exact) mass is 287 g/mol. The van der Waals surface area contributed by atoms with Crippen molar-refractivity contribution in [2.45, 2.75) is 13.0 Å². The number of aliphatic hydroxyl groups is 1. The lowest BCUT2D eigenvalue weighted by Gasteiger charge is -2.24. The van der Waals surface area contributed by atoms with Crippen LogP contribution in [0.4, 0.5) is 5.69 Å². The van der Waals surface area contributed by atoms with E-state index in [-0.39, 0.29) is 6.54 Å². The van der Waals surface area contributed by atoms with Gasteiger partial charge in [0.15, 0.2) is 6.10 Å². The third kappa shape index (κ3) is 4.22.